The number of hydrogen-bond donors (Lipinski definition) is 2. The van der Waals surface area contributed by atoms with Crippen molar-refractivity contribution >= 4 is 21.7 Å². The zero-order chi connectivity index (χ0) is 15.5. The van der Waals surface area contributed by atoms with Crippen LogP contribution in [0.15, 0.2) is 35.2 Å². The number of sulfone groups is 1. The van der Waals surface area contributed by atoms with Gasteiger partial charge in [0.1, 0.15) is 0 Å². The van der Waals surface area contributed by atoms with Crippen LogP contribution in [0.4, 0.5) is 0 Å². The van der Waals surface area contributed by atoms with Crippen LogP contribution in [-0.2, 0) is 19.4 Å². The standard InChI is InChI=1S/C14H17NO5S/c16-12(15-10-14(7-8-14)13(17)18)6-9-21(19,20)11-4-2-1-3-5-11/h1-5H,6-10H2,(H,15,16)(H,17,18). The van der Waals surface area contributed by atoms with E-state index in [9.17, 15) is 18.0 Å². The van der Waals surface area contributed by atoms with Crippen LogP contribution < -0.4 is 5.32 Å². The summed E-state index contributed by atoms with van der Waals surface area (Å²) in [5.41, 5.74) is -0.839. The smallest absolute Gasteiger partial charge is 0.311 e. The summed E-state index contributed by atoms with van der Waals surface area (Å²) in [6.45, 7) is 0.0621. The normalized spacial score (nSPS) is 16.2. The first-order valence-electron chi connectivity index (χ1n) is 6.64. The second kappa shape index (κ2) is 5.85. The van der Waals surface area contributed by atoms with Gasteiger partial charge in [-0.3, -0.25) is 9.59 Å². The first kappa shape index (κ1) is 15.5. The number of nitrogens with one attached hydrogen (secondary N) is 1. The van der Waals surface area contributed by atoms with Crippen molar-refractivity contribution in [1.29, 1.82) is 0 Å². The third-order valence-electron chi connectivity index (χ3n) is 3.63. The van der Waals surface area contributed by atoms with Crippen molar-refractivity contribution in [2.24, 2.45) is 5.41 Å². The van der Waals surface area contributed by atoms with Gasteiger partial charge in [-0.05, 0) is 25.0 Å². The first-order valence-corrected chi connectivity index (χ1v) is 8.29. The minimum absolute atomic E-state index is 0.0621. The average Bonchev–Trinajstić information content (AvgIpc) is 3.25. The molecule has 0 aromatic heterocycles. The monoisotopic (exact) mass is 311 g/mol. The van der Waals surface area contributed by atoms with E-state index in [4.69, 9.17) is 5.11 Å². The summed E-state index contributed by atoms with van der Waals surface area (Å²) in [7, 11) is -3.49. The lowest BCUT2D eigenvalue weighted by Gasteiger charge is -2.11. The zero-order valence-corrected chi connectivity index (χ0v) is 12.2. The molecule has 0 heterocycles. The Morgan fingerprint density at radius 1 is 1.19 bits per heavy atom. The number of benzene rings is 1. The van der Waals surface area contributed by atoms with Gasteiger partial charge >= 0.3 is 5.97 Å². The summed E-state index contributed by atoms with van der Waals surface area (Å²) in [4.78, 5) is 22.8. The van der Waals surface area contributed by atoms with Crippen LogP contribution in [0.1, 0.15) is 19.3 Å². The molecular formula is C14H17NO5S. The molecule has 1 saturated carbocycles. The van der Waals surface area contributed by atoms with Crippen molar-refractivity contribution in [2.75, 3.05) is 12.3 Å². The van der Waals surface area contributed by atoms with Crippen LogP contribution in [0, 0.1) is 5.41 Å². The first-order chi connectivity index (χ1) is 9.86. The summed E-state index contributed by atoms with van der Waals surface area (Å²) in [5, 5.41) is 11.5. The highest BCUT2D eigenvalue weighted by Crippen LogP contribution is 2.45. The van der Waals surface area contributed by atoms with Gasteiger partial charge in [0.2, 0.25) is 5.91 Å². The minimum Gasteiger partial charge on any atom is -0.481 e. The SMILES string of the molecule is O=C(CCS(=O)(=O)c1ccccc1)NCC1(C(=O)O)CC1. The van der Waals surface area contributed by atoms with Crippen LogP contribution in [0.2, 0.25) is 0 Å². The van der Waals surface area contributed by atoms with E-state index in [1.165, 1.54) is 12.1 Å². The second-order valence-electron chi connectivity index (χ2n) is 5.24. The van der Waals surface area contributed by atoms with Crippen molar-refractivity contribution in [1.82, 2.24) is 5.32 Å². The lowest BCUT2D eigenvalue weighted by molar-refractivity contribution is -0.143. The number of carboxylic acid groups (broad SMARTS) is 1. The number of carbonyl (C=O) groups excluding carboxylic acids is 1. The summed E-state index contributed by atoms with van der Waals surface area (Å²) in [5.74, 6) is -1.65. The Hall–Kier alpha value is -1.89. The molecule has 0 saturated heterocycles. The number of carboxylic acids is 1. The summed E-state index contributed by atoms with van der Waals surface area (Å²) in [6.07, 6.45) is 0.919. The molecule has 2 rings (SSSR count). The van der Waals surface area contributed by atoms with Crippen molar-refractivity contribution in [2.45, 2.75) is 24.2 Å². The average molecular weight is 311 g/mol. The van der Waals surface area contributed by atoms with E-state index in [-0.39, 0.29) is 23.6 Å². The summed E-state index contributed by atoms with van der Waals surface area (Å²) in [6, 6.07) is 7.92. The lowest BCUT2D eigenvalue weighted by atomic mass is 10.1. The van der Waals surface area contributed by atoms with E-state index in [1.807, 2.05) is 0 Å². The quantitative estimate of drug-likeness (QED) is 0.777. The minimum atomic E-state index is -3.49. The van der Waals surface area contributed by atoms with Crippen LogP contribution >= 0.6 is 0 Å². The molecule has 1 fully saturated rings. The molecule has 0 unspecified atom stereocenters. The fraction of sp³-hybridized carbons (Fsp3) is 0.429. The van der Waals surface area contributed by atoms with E-state index in [2.05, 4.69) is 5.32 Å². The molecule has 0 spiro atoms. The maximum atomic E-state index is 12.0. The van der Waals surface area contributed by atoms with Crippen molar-refractivity contribution in [3.8, 4) is 0 Å². The van der Waals surface area contributed by atoms with Crippen molar-refractivity contribution in [3.63, 3.8) is 0 Å². The predicted octanol–water partition coefficient (Wildman–Crippen LogP) is 0.831. The predicted molar refractivity (Wildman–Crippen MR) is 75.4 cm³/mol. The molecule has 1 aliphatic rings. The van der Waals surface area contributed by atoms with Gasteiger partial charge < -0.3 is 10.4 Å². The Bertz CT molecular complexity index is 635. The van der Waals surface area contributed by atoms with Gasteiger partial charge in [-0.2, -0.15) is 0 Å². The highest BCUT2D eigenvalue weighted by molar-refractivity contribution is 7.91. The number of carbonyl (C=O) groups is 2. The Labute approximate surface area is 123 Å². The third kappa shape index (κ3) is 3.81. The molecule has 1 aliphatic carbocycles. The molecule has 21 heavy (non-hydrogen) atoms. The fourth-order valence-electron chi connectivity index (χ4n) is 1.95. The maximum Gasteiger partial charge on any atom is 0.311 e. The maximum absolute atomic E-state index is 12.0. The van der Waals surface area contributed by atoms with Gasteiger partial charge in [-0.15, -0.1) is 0 Å². The van der Waals surface area contributed by atoms with E-state index in [1.54, 1.807) is 18.2 Å². The largest absolute Gasteiger partial charge is 0.481 e. The zero-order valence-electron chi connectivity index (χ0n) is 11.4. The summed E-state index contributed by atoms with van der Waals surface area (Å²) >= 11 is 0. The molecule has 0 bridgehead atoms. The topological polar surface area (TPSA) is 101 Å². The Kier molecular flexibility index (Phi) is 4.32. The third-order valence-corrected chi connectivity index (χ3v) is 5.36. The summed E-state index contributed by atoms with van der Waals surface area (Å²) < 4.78 is 24.0. The number of amides is 1. The van der Waals surface area contributed by atoms with E-state index in [0.717, 1.165) is 0 Å². The molecule has 0 radical (unpaired) electrons. The molecule has 1 aromatic carbocycles. The van der Waals surface area contributed by atoms with Gasteiger partial charge in [-0.25, -0.2) is 8.42 Å². The molecule has 114 valence electrons. The second-order valence-corrected chi connectivity index (χ2v) is 7.35. The van der Waals surface area contributed by atoms with Crippen LogP contribution in [0.5, 0.6) is 0 Å². The van der Waals surface area contributed by atoms with E-state index in [0.29, 0.717) is 12.8 Å². The fourth-order valence-corrected chi connectivity index (χ4v) is 3.21. The van der Waals surface area contributed by atoms with Gasteiger partial charge in [0.15, 0.2) is 9.84 Å². The van der Waals surface area contributed by atoms with Gasteiger partial charge in [0.05, 0.1) is 16.1 Å². The van der Waals surface area contributed by atoms with Crippen LogP contribution in [-0.4, -0.2) is 37.7 Å². The highest BCUT2D eigenvalue weighted by atomic mass is 32.2. The number of aliphatic carboxylic acids is 1. The number of rotatable bonds is 7. The van der Waals surface area contributed by atoms with E-state index >= 15 is 0 Å². The molecule has 7 heteroatoms. The number of hydrogen-bond acceptors (Lipinski definition) is 4. The molecule has 0 atom stereocenters. The molecule has 1 aromatic rings. The Morgan fingerprint density at radius 2 is 1.81 bits per heavy atom. The molecule has 6 nitrogen and oxygen atoms in total. The molecule has 1 amide bonds. The van der Waals surface area contributed by atoms with Crippen LogP contribution in [0.25, 0.3) is 0 Å². The molecule has 2 N–H and O–H groups in total. The van der Waals surface area contributed by atoms with Crippen molar-refractivity contribution < 1.29 is 23.1 Å². The molecule has 0 aliphatic heterocycles. The Balaban J connectivity index is 1.83. The van der Waals surface area contributed by atoms with Crippen LogP contribution in [0.3, 0.4) is 0 Å². The van der Waals surface area contributed by atoms with Crippen molar-refractivity contribution in [3.05, 3.63) is 30.3 Å². The molecular weight excluding hydrogens is 294 g/mol. The highest BCUT2D eigenvalue weighted by Gasteiger charge is 2.50. The Morgan fingerprint density at radius 3 is 2.33 bits per heavy atom. The van der Waals surface area contributed by atoms with E-state index < -0.39 is 27.1 Å². The lowest BCUT2D eigenvalue weighted by Crippen LogP contribution is -2.34. The van der Waals surface area contributed by atoms with Gasteiger partial charge in [-0.1, -0.05) is 18.2 Å². The van der Waals surface area contributed by atoms with Gasteiger partial charge in [0, 0.05) is 13.0 Å². The van der Waals surface area contributed by atoms with Gasteiger partial charge in [0.25, 0.3) is 0 Å².